The molecule has 0 saturated heterocycles. The first-order chi connectivity index (χ1) is 8.84. The molecule has 7 heteroatoms. The zero-order valence-electron chi connectivity index (χ0n) is 11.4. The lowest BCUT2D eigenvalue weighted by Gasteiger charge is -2.24. The van der Waals surface area contributed by atoms with Gasteiger partial charge in [0.25, 0.3) is 5.91 Å². The second kappa shape index (κ2) is 8.24. The molecule has 0 unspecified atom stereocenters. The predicted octanol–water partition coefficient (Wildman–Crippen LogP) is 1.45. The molecule has 0 aliphatic carbocycles. The summed E-state index contributed by atoms with van der Waals surface area (Å²) in [5.74, 6) is -0.555. The van der Waals surface area contributed by atoms with Gasteiger partial charge in [0.05, 0.1) is 6.54 Å². The van der Waals surface area contributed by atoms with Crippen molar-refractivity contribution in [1.29, 1.82) is 0 Å². The van der Waals surface area contributed by atoms with Gasteiger partial charge in [-0.05, 0) is 32.0 Å². The Hall–Kier alpha value is -1.11. The van der Waals surface area contributed by atoms with Crippen LogP contribution >= 0.6 is 28.3 Å². The molecule has 0 bridgehead atoms. The molecule has 0 spiro atoms. The largest absolute Gasteiger partial charge is 0.348 e. The van der Waals surface area contributed by atoms with Gasteiger partial charge in [-0.3, -0.25) is 9.59 Å². The van der Waals surface area contributed by atoms with Gasteiger partial charge in [-0.15, -0.1) is 12.4 Å². The molecule has 1 aromatic rings. The molecule has 4 N–H and O–H groups in total. The van der Waals surface area contributed by atoms with E-state index in [0.717, 1.165) is 4.47 Å². The van der Waals surface area contributed by atoms with E-state index >= 15 is 0 Å². The first-order valence-electron chi connectivity index (χ1n) is 5.89. The van der Waals surface area contributed by atoms with Crippen molar-refractivity contribution in [3.05, 3.63) is 34.3 Å². The van der Waals surface area contributed by atoms with E-state index in [2.05, 4.69) is 26.6 Å². The van der Waals surface area contributed by atoms with Crippen LogP contribution < -0.4 is 16.4 Å². The fourth-order valence-corrected chi connectivity index (χ4v) is 1.76. The molecule has 0 aliphatic rings. The monoisotopic (exact) mass is 363 g/mol. The average molecular weight is 365 g/mol. The fraction of sp³-hybridized carbons (Fsp3) is 0.385. The zero-order valence-corrected chi connectivity index (χ0v) is 13.8. The molecular formula is C13H19BrClN3O2. The van der Waals surface area contributed by atoms with Crippen LogP contribution in [0.3, 0.4) is 0 Å². The normalized spacial score (nSPS) is 10.4. The number of hydrogen-bond acceptors (Lipinski definition) is 3. The van der Waals surface area contributed by atoms with Crippen LogP contribution in [0, 0.1) is 0 Å². The molecule has 20 heavy (non-hydrogen) atoms. The number of hydrogen-bond donors (Lipinski definition) is 3. The van der Waals surface area contributed by atoms with E-state index in [9.17, 15) is 9.59 Å². The maximum absolute atomic E-state index is 11.8. The molecule has 0 heterocycles. The lowest BCUT2D eigenvalue weighted by Crippen LogP contribution is -2.51. The molecule has 0 atom stereocenters. The van der Waals surface area contributed by atoms with Crippen molar-refractivity contribution in [3.63, 3.8) is 0 Å². The molecule has 0 radical (unpaired) electrons. The first kappa shape index (κ1) is 18.9. The summed E-state index contributed by atoms with van der Waals surface area (Å²) in [6.45, 7) is 3.90. The molecule has 0 aliphatic heterocycles. The smallest absolute Gasteiger partial charge is 0.251 e. The van der Waals surface area contributed by atoms with E-state index in [4.69, 9.17) is 5.73 Å². The highest BCUT2D eigenvalue weighted by Gasteiger charge is 2.18. The molecule has 0 aromatic heterocycles. The minimum Gasteiger partial charge on any atom is -0.348 e. The summed E-state index contributed by atoms with van der Waals surface area (Å²) in [5.41, 5.74) is 5.54. The van der Waals surface area contributed by atoms with Gasteiger partial charge in [-0.25, -0.2) is 0 Å². The lowest BCUT2D eigenvalue weighted by atomic mass is 10.1. The molecule has 112 valence electrons. The second-order valence-electron chi connectivity index (χ2n) is 4.83. The van der Waals surface area contributed by atoms with E-state index in [1.165, 1.54) is 0 Å². The van der Waals surface area contributed by atoms with Crippen molar-refractivity contribution in [1.82, 2.24) is 10.6 Å². The van der Waals surface area contributed by atoms with Crippen LogP contribution in [-0.4, -0.2) is 30.4 Å². The third-order valence-corrected chi connectivity index (χ3v) is 2.98. The second-order valence-corrected chi connectivity index (χ2v) is 5.74. The Kier molecular flexibility index (Phi) is 7.78. The van der Waals surface area contributed by atoms with Crippen molar-refractivity contribution in [2.75, 3.05) is 13.1 Å². The Morgan fingerprint density at radius 2 is 2.00 bits per heavy atom. The highest BCUT2D eigenvalue weighted by Crippen LogP contribution is 2.11. The molecule has 0 saturated carbocycles. The predicted molar refractivity (Wildman–Crippen MR) is 85.0 cm³/mol. The van der Waals surface area contributed by atoms with Gasteiger partial charge in [0, 0.05) is 22.1 Å². The third kappa shape index (κ3) is 6.36. The SMILES string of the molecule is CC(C)(CN)NC(=O)CNC(=O)c1cccc(Br)c1.Cl. The maximum atomic E-state index is 11.8. The standard InChI is InChI=1S/C13H18BrN3O2.ClH/c1-13(2,8-15)17-11(18)7-16-12(19)9-4-3-5-10(14)6-9;/h3-6H,7-8,15H2,1-2H3,(H,16,19)(H,17,18);1H. The Morgan fingerprint density at radius 1 is 1.35 bits per heavy atom. The summed E-state index contributed by atoms with van der Waals surface area (Å²) in [7, 11) is 0. The molecular weight excluding hydrogens is 346 g/mol. The Bertz CT molecular complexity index is 480. The summed E-state index contributed by atoms with van der Waals surface area (Å²) in [5, 5.41) is 5.30. The van der Waals surface area contributed by atoms with Crippen LogP contribution in [-0.2, 0) is 4.79 Å². The number of carbonyl (C=O) groups is 2. The molecule has 2 amide bonds. The molecule has 0 fully saturated rings. The Labute approximate surface area is 133 Å². The van der Waals surface area contributed by atoms with Gasteiger partial charge >= 0.3 is 0 Å². The average Bonchev–Trinajstić information content (AvgIpc) is 2.35. The fourth-order valence-electron chi connectivity index (χ4n) is 1.36. The topological polar surface area (TPSA) is 84.2 Å². The van der Waals surface area contributed by atoms with Gasteiger partial charge in [0.1, 0.15) is 0 Å². The van der Waals surface area contributed by atoms with Crippen LogP contribution in [0.4, 0.5) is 0 Å². The minimum atomic E-state index is -0.475. The van der Waals surface area contributed by atoms with E-state index in [-0.39, 0.29) is 30.8 Å². The van der Waals surface area contributed by atoms with Gasteiger partial charge in [0.2, 0.25) is 5.91 Å². The van der Waals surface area contributed by atoms with Crippen molar-refractivity contribution in [2.24, 2.45) is 5.73 Å². The number of rotatable bonds is 5. The van der Waals surface area contributed by atoms with Gasteiger partial charge < -0.3 is 16.4 Å². The van der Waals surface area contributed by atoms with Gasteiger partial charge in [-0.2, -0.15) is 0 Å². The van der Waals surface area contributed by atoms with E-state index in [0.29, 0.717) is 12.1 Å². The van der Waals surface area contributed by atoms with Crippen molar-refractivity contribution >= 4 is 40.2 Å². The van der Waals surface area contributed by atoms with Crippen LogP contribution in [0.15, 0.2) is 28.7 Å². The van der Waals surface area contributed by atoms with E-state index in [1.807, 2.05) is 19.9 Å². The summed E-state index contributed by atoms with van der Waals surface area (Å²) < 4.78 is 0.814. The first-order valence-corrected chi connectivity index (χ1v) is 6.68. The highest BCUT2D eigenvalue weighted by atomic mass is 79.9. The zero-order chi connectivity index (χ0) is 14.5. The quantitative estimate of drug-likeness (QED) is 0.739. The van der Waals surface area contributed by atoms with Crippen LogP contribution in [0.1, 0.15) is 24.2 Å². The van der Waals surface area contributed by atoms with Crippen LogP contribution in [0.2, 0.25) is 0 Å². The molecule has 5 nitrogen and oxygen atoms in total. The summed E-state index contributed by atoms with van der Waals surface area (Å²) in [6.07, 6.45) is 0. The Morgan fingerprint density at radius 3 is 2.55 bits per heavy atom. The molecule has 1 aromatic carbocycles. The van der Waals surface area contributed by atoms with E-state index in [1.54, 1.807) is 18.2 Å². The number of carbonyl (C=O) groups excluding carboxylic acids is 2. The van der Waals surface area contributed by atoms with Crippen molar-refractivity contribution < 1.29 is 9.59 Å². The minimum absolute atomic E-state index is 0. The summed E-state index contributed by atoms with van der Waals surface area (Å²) >= 11 is 3.29. The van der Waals surface area contributed by atoms with Crippen LogP contribution in [0.5, 0.6) is 0 Å². The number of amides is 2. The van der Waals surface area contributed by atoms with Crippen molar-refractivity contribution in [3.8, 4) is 0 Å². The lowest BCUT2D eigenvalue weighted by molar-refractivity contribution is -0.121. The third-order valence-electron chi connectivity index (χ3n) is 2.48. The van der Waals surface area contributed by atoms with Gasteiger partial charge in [-0.1, -0.05) is 22.0 Å². The maximum Gasteiger partial charge on any atom is 0.251 e. The summed E-state index contributed by atoms with van der Waals surface area (Å²) in [6, 6.07) is 6.96. The highest BCUT2D eigenvalue weighted by molar-refractivity contribution is 9.10. The van der Waals surface area contributed by atoms with Crippen LogP contribution in [0.25, 0.3) is 0 Å². The van der Waals surface area contributed by atoms with Crippen molar-refractivity contribution in [2.45, 2.75) is 19.4 Å². The number of nitrogens with two attached hydrogens (primary N) is 1. The number of nitrogens with one attached hydrogen (secondary N) is 2. The van der Waals surface area contributed by atoms with Gasteiger partial charge in [0.15, 0.2) is 0 Å². The summed E-state index contributed by atoms with van der Waals surface area (Å²) in [4.78, 5) is 23.4. The number of benzene rings is 1. The number of halogens is 2. The Balaban J connectivity index is 0.00000361. The van der Waals surface area contributed by atoms with E-state index < -0.39 is 5.54 Å². The molecule has 1 rings (SSSR count).